The summed E-state index contributed by atoms with van der Waals surface area (Å²) in [5.41, 5.74) is 0. The first-order chi connectivity index (χ1) is 6.93. The minimum atomic E-state index is -1.11. The van der Waals surface area contributed by atoms with E-state index in [0.717, 1.165) is 8.79 Å². The molecule has 0 bridgehead atoms. The maximum absolute atomic E-state index is 11.6. The van der Waals surface area contributed by atoms with Crippen molar-refractivity contribution in [2.45, 2.75) is 6.92 Å². The number of halogens is 1. The van der Waals surface area contributed by atoms with Gasteiger partial charge in [0.25, 0.3) is 0 Å². The summed E-state index contributed by atoms with van der Waals surface area (Å²) >= 11 is 4.66. The van der Waals surface area contributed by atoms with Crippen LogP contribution in [0.3, 0.4) is 0 Å². The Labute approximate surface area is 99.6 Å². The lowest BCUT2D eigenvalue weighted by molar-refractivity contribution is -0.145. The number of thiophene rings is 1. The first-order valence-electron chi connectivity index (χ1n) is 4.19. The quantitative estimate of drug-likeness (QED) is 0.869. The van der Waals surface area contributed by atoms with Crippen LogP contribution in [0, 0.1) is 5.92 Å². The van der Waals surface area contributed by atoms with Gasteiger partial charge < -0.3 is 10.0 Å². The van der Waals surface area contributed by atoms with Gasteiger partial charge in [0.1, 0.15) is 5.92 Å². The minimum Gasteiger partial charge on any atom is -0.481 e. The average Bonchev–Trinajstić information content (AvgIpc) is 2.61. The molecule has 15 heavy (non-hydrogen) atoms. The summed E-state index contributed by atoms with van der Waals surface area (Å²) < 4.78 is 0.903. The summed E-state index contributed by atoms with van der Waals surface area (Å²) in [6.45, 7) is 1.38. The molecule has 1 atom stereocenters. The van der Waals surface area contributed by atoms with Gasteiger partial charge in [-0.1, -0.05) is 0 Å². The fraction of sp³-hybridized carbons (Fsp3) is 0.333. The molecule has 1 aromatic heterocycles. The number of nitrogens with zero attached hydrogens (tertiary/aromatic N) is 1. The van der Waals surface area contributed by atoms with E-state index in [2.05, 4.69) is 15.9 Å². The Kier molecular flexibility index (Phi) is 3.87. The summed E-state index contributed by atoms with van der Waals surface area (Å²) in [7, 11) is 1.57. The summed E-state index contributed by atoms with van der Waals surface area (Å²) in [6, 6.07) is 3.58. The fourth-order valence-electron chi connectivity index (χ4n) is 0.990. The third kappa shape index (κ3) is 2.79. The second-order valence-corrected chi connectivity index (χ2v) is 5.48. The molecule has 0 aliphatic carbocycles. The normalized spacial score (nSPS) is 12.2. The molecule has 1 aromatic rings. The molecule has 1 N–H and O–H groups in total. The lowest BCUT2D eigenvalue weighted by atomic mass is 10.1. The summed E-state index contributed by atoms with van der Waals surface area (Å²) in [6.07, 6.45) is 0. The monoisotopic (exact) mass is 291 g/mol. The highest BCUT2D eigenvalue weighted by Gasteiger charge is 2.25. The maximum Gasteiger partial charge on any atom is 0.315 e. The molecule has 82 valence electrons. The van der Waals surface area contributed by atoms with E-state index in [1.807, 2.05) is 6.07 Å². The molecule has 0 fully saturated rings. The first-order valence-corrected chi connectivity index (χ1v) is 5.80. The molecule has 4 nitrogen and oxygen atoms in total. The van der Waals surface area contributed by atoms with Crippen molar-refractivity contribution < 1.29 is 14.7 Å². The van der Waals surface area contributed by atoms with Crippen molar-refractivity contribution in [1.29, 1.82) is 0 Å². The molecule has 0 aliphatic rings. The molecule has 0 radical (unpaired) electrons. The molecule has 0 saturated heterocycles. The minimum absolute atomic E-state index is 0.420. The van der Waals surface area contributed by atoms with Crippen LogP contribution in [0.4, 0.5) is 5.00 Å². The van der Waals surface area contributed by atoms with Crippen LogP contribution in [0.5, 0.6) is 0 Å². The van der Waals surface area contributed by atoms with Crippen LogP contribution >= 0.6 is 27.3 Å². The van der Waals surface area contributed by atoms with Gasteiger partial charge in [0.15, 0.2) is 0 Å². The van der Waals surface area contributed by atoms with Gasteiger partial charge in [-0.3, -0.25) is 9.59 Å². The van der Waals surface area contributed by atoms with Crippen LogP contribution in [-0.4, -0.2) is 24.0 Å². The Hall–Kier alpha value is -0.880. The number of hydrogen-bond donors (Lipinski definition) is 1. The van der Waals surface area contributed by atoms with E-state index < -0.39 is 17.8 Å². The zero-order valence-corrected chi connectivity index (χ0v) is 10.6. The largest absolute Gasteiger partial charge is 0.481 e. The first kappa shape index (κ1) is 12.2. The van der Waals surface area contributed by atoms with E-state index in [-0.39, 0.29) is 0 Å². The molecule has 1 unspecified atom stereocenters. The van der Waals surface area contributed by atoms with Gasteiger partial charge in [-0.25, -0.2) is 0 Å². The van der Waals surface area contributed by atoms with E-state index >= 15 is 0 Å². The number of carbonyl (C=O) groups is 2. The SMILES string of the molecule is CC(C(=O)O)C(=O)N(C)c1ccc(Br)s1. The molecule has 0 spiro atoms. The van der Waals surface area contributed by atoms with Gasteiger partial charge in [-0.2, -0.15) is 0 Å². The van der Waals surface area contributed by atoms with E-state index in [0.29, 0.717) is 0 Å². The third-order valence-corrected chi connectivity index (χ3v) is 3.66. The average molecular weight is 292 g/mol. The zero-order chi connectivity index (χ0) is 11.6. The van der Waals surface area contributed by atoms with Gasteiger partial charge in [0, 0.05) is 7.05 Å². The van der Waals surface area contributed by atoms with Crippen LogP contribution < -0.4 is 4.90 Å². The van der Waals surface area contributed by atoms with Crippen LogP contribution in [0.15, 0.2) is 15.9 Å². The molecular weight excluding hydrogens is 282 g/mol. The number of carboxylic acid groups (broad SMARTS) is 1. The highest BCUT2D eigenvalue weighted by Crippen LogP contribution is 2.29. The maximum atomic E-state index is 11.6. The summed E-state index contributed by atoms with van der Waals surface area (Å²) in [4.78, 5) is 23.6. The van der Waals surface area contributed by atoms with Crippen molar-refractivity contribution >= 4 is 44.1 Å². The lowest BCUT2D eigenvalue weighted by Gasteiger charge is -2.17. The molecule has 0 aromatic carbocycles. The molecule has 0 saturated carbocycles. The van der Waals surface area contributed by atoms with Gasteiger partial charge in [0.05, 0.1) is 8.79 Å². The highest BCUT2D eigenvalue weighted by molar-refractivity contribution is 9.11. The van der Waals surface area contributed by atoms with Crippen molar-refractivity contribution in [2.24, 2.45) is 5.92 Å². The van der Waals surface area contributed by atoms with Crippen molar-refractivity contribution in [3.8, 4) is 0 Å². The number of carboxylic acids is 1. The fourth-order valence-corrected chi connectivity index (χ4v) is 2.32. The van der Waals surface area contributed by atoms with E-state index in [9.17, 15) is 9.59 Å². The Morgan fingerprint density at radius 3 is 2.53 bits per heavy atom. The number of amides is 1. The van der Waals surface area contributed by atoms with Crippen LogP contribution in [0.2, 0.25) is 0 Å². The second kappa shape index (κ2) is 4.76. The lowest BCUT2D eigenvalue weighted by Crippen LogP contribution is -2.34. The van der Waals surface area contributed by atoms with Gasteiger partial charge >= 0.3 is 5.97 Å². The Balaban J connectivity index is 2.81. The van der Waals surface area contributed by atoms with Gasteiger partial charge in [-0.05, 0) is 35.0 Å². The van der Waals surface area contributed by atoms with Crippen LogP contribution in [-0.2, 0) is 9.59 Å². The molecule has 6 heteroatoms. The summed E-state index contributed by atoms with van der Waals surface area (Å²) in [5, 5.41) is 9.42. The van der Waals surface area contributed by atoms with Crippen molar-refractivity contribution in [2.75, 3.05) is 11.9 Å². The van der Waals surface area contributed by atoms with Gasteiger partial charge in [0.2, 0.25) is 5.91 Å². The predicted octanol–water partition coefficient (Wildman–Crippen LogP) is 2.19. The van der Waals surface area contributed by atoms with Crippen molar-refractivity contribution in [3.05, 3.63) is 15.9 Å². The highest BCUT2D eigenvalue weighted by atomic mass is 79.9. The van der Waals surface area contributed by atoms with E-state index in [4.69, 9.17) is 5.11 Å². The van der Waals surface area contributed by atoms with Crippen molar-refractivity contribution in [3.63, 3.8) is 0 Å². The topological polar surface area (TPSA) is 57.6 Å². The van der Waals surface area contributed by atoms with Crippen molar-refractivity contribution in [1.82, 2.24) is 0 Å². The number of carbonyl (C=O) groups excluding carboxylic acids is 1. The molecule has 1 rings (SSSR count). The smallest absolute Gasteiger partial charge is 0.315 e. The second-order valence-electron chi connectivity index (χ2n) is 3.03. The Morgan fingerprint density at radius 1 is 1.53 bits per heavy atom. The molecule has 1 heterocycles. The molecular formula is C9H10BrNO3S. The molecule has 0 aliphatic heterocycles. The third-order valence-electron chi connectivity index (χ3n) is 1.96. The number of aliphatic carboxylic acids is 1. The summed E-state index contributed by atoms with van der Waals surface area (Å²) in [5.74, 6) is -2.55. The standard InChI is InChI=1S/C9H10BrNO3S/c1-5(9(13)14)8(12)11(2)7-4-3-6(10)15-7/h3-5H,1-2H3,(H,13,14). The predicted molar refractivity (Wildman–Crippen MR) is 62.2 cm³/mol. The van der Waals surface area contributed by atoms with Crippen LogP contribution in [0.25, 0.3) is 0 Å². The zero-order valence-electron chi connectivity index (χ0n) is 8.23. The Morgan fingerprint density at radius 2 is 2.13 bits per heavy atom. The number of anilines is 1. The molecule has 1 amide bonds. The Bertz CT molecular complexity index is 390. The number of rotatable bonds is 3. The van der Waals surface area contributed by atoms with E-state index in [1.165, 1.54) is 23.2 Å². The van der Waals surface area contributed by atoms with Crippen LogP contribution in [0.1, 0.15) is 6.92 Å². The van der Waals surface area contributed by atoms with E-state index in [1.54, 1.807) is 13.1 Å². The van der Waals surface area contributed by atoms with Gasteiger partial charge in [-0.15, -0.1) is 11.3 Å². The number of hydrogen-bond acceptors (Lipinski definition) is 3.